The second-order valence-corrected chi connectivity index (χ2v) is 4.95. The molecule has 1 rings (SSSR count). The Hall–Kier alpha value is -2.41. The van der Waals surface area contributed by atoms with Gasteiger partial charge in [-0.2, -0.15) is 0 Å². The van der Waals surface area contributed by atoms with E-state index in [1.165, 1.54) is 12.1 Å². The molecule has 2 N–H and O–H groups in total. The van der Waals surface area contributed by atoms with E-state index in [9.17, 15) is 19.5 Å². The number of esters is 1. The van der Waals surface area contributed by atoms with Crippen LogP contribution in [0.3, 0.4) is 0 Å². The van der Waals surface area contributed by atoms with Crippen LogP contribution in [0.25, 0.3) is 0 Å². The highest BCUT2D eigenvalue weighted by Crippen LogP contribution is 2.17. The summed E-state index contributed by atoms with van der Waals surface area (Å²) in [4.78, 5) is 34.1. The van der Waals surface area contributed by atoms with E-state index < -0.39 is 24.5 Å². The topological polar surface area (TPSA) is 110 Å². The summed E-state index contributed by atoms with van der Waals surface area (Å²) in [6.07, 6.45) is 0.184. The lowest BCUT2D eigenvalue weighted by Gasteiger charge is -2.15. The predicted octanol–water partition coefficient (Wildman–Crippen LogP) is 1.17. The van der Waals surface area contributed by atoms with Crippen molar-refractivity contribution in [1.29, 1.82) is 0 Å². The molecule has 0 spiro atoms. The summed E-state index contributed by atoms with van der Waals surface area (Å²) in [5, 5.41) is 17.7. The Morgan fingerprint density at radius 1 is 1.13 bits per heavy atom. The highest BCUT2D eigenvalue weighted by Gasteiger charge is 2.23. The standard InChI is InChI=1S/C16H20O7/c1-2-23-16(21)12(7-11-3-5-13(17)6-4-11)8-14(18)9-22-10-15(19)20/h3-6,12,17H,2,7-10H2,1H3,(H,19,20). The van der Waals surface area contributed by atoms with Crippen LogP contribution in [-0.2, 0) is 30.3 Å². The maximum atomic E-state index is 12.0. The lowest BCUT2D eigenvalue weighted by Crippen LogP contribution is -2.25. The first kappa shape index (κ1) is 18.6. The van der Waals surface area contributed by atoms with Gasteiger partial charge in [-0.15, -0.1) is 0 Å². The summed E-state index contributed by atoms with van der Waals surface area (Å²) in [5.74, 6) is -2.60. The third-order valence-corrected chi connectivity index (χ3v) is 3.00. The molecule has 0 aliphatic rings. The number of ketones is 1. The smallest absolute Gasteiger partial charge is 0.329 e. The van der Waals surface area contributed by atoms with Gasteiger partial charge in [-0.3, -0.25) is 9.59 Å². The number of carboxylic acids is 1. The number of aromatic hydroxyl groups is 1. The molecule has 126 valence electrons. The molecule has 0 aromatic heterocycles. The Morgan fingerprint density at radius 2 is 1.78 bits per heavy atom. The number of carbonyl (C=O) groups is 3. The van der Waals surface area contributed by atoms with Gasteiger partial charge in [-0.25, -0.2) is 4.79 Å². The Kier molecular flexibility index (Phi) is 7.76. The molecule has 1 atom stereocenters. The number of phenols is 1. The van der Waals surface area contributed by atoms with Crippen LogP contribution in [0.15, 0.2) is 24.3 Å². The highest BCUT2D eigenvalue weighted by molar-refractivity contribution is 5.85. The number of phenolic OH excluding ortho intramolecular Hbond substituents is 1. The molecular formula is C16H20O7. The number of ether oxygens (including phenoxy) is 2. The summed E-state index contributed by atoms with van der Waals surface area (Å²) in [5.41, 5.74) is 0.778. The molecule has 0 aliphatic carbocycles. The number of carboxylic acid groups (broad SMARTS) is 1. The number of Topliss-reactive ketones (excluding diaryl/α,β-unsaturated/α-hetero) is 1. The molecule has 0 radical (unpaired) electrons. The van der Waals surface area contributed by atoms with Crippen LogP contribution in [0, 0.1) is 5.92 Å². The molecule has 0 aliphatic heterocycles. The summed E-state index contributed by atoms with van der Waals surface area (Å²) in [6.45, 7) is 0.952. The second kappa shape index (κ2) is 9.58. The van der Waals surface area contributed by atoms with Crippen molar-refractivity contribution in [3.63, 3.8) is 0 Å². The number of benzene rings is 1. The SMILES string of the molecule is CCOC(=O)C(CC(=O)COCC(=O)O)Cc1ccc(O)cc1. The monoisotopic (exact) mass is 324 g/mol. The van der Waals surface area contributed by atoms with Crippen molar-refractivity contribution in [2.75, 3.05) is 19.8 Å². The average Bonchev–Trinajstić information content (AvgIpc) is 2.48. The fraction of sp³-hybridized carbons (Fsp3) is 0.438. The van der Waals surface area contributed by atoms with Gasteiger partial charge < -0.3 is 19.7 Å². The number of hydrogen-bond donors (Lipinski definition) is 2. The minimum Gasteiger partial charge on any atom is -0.508 e. The number of rotatable bonds is 10. The Bertz CT molecular complexity index is 536. The second-order valence-electron chi connectivity index (χ2n) is 4.95. The summed E-state index contributed by atoms with van der Waals surface area (Å²) in [6, 6.07) is 6.31. The van der Waals surface area contributed by atoms with E-state index in [1.807, 2.05) is 0 Å². The lowest BCUT2D eigenvalue weighted by atomic mass is 9.94. The zero-order valence-electron chi connectivity index (χ0n) is 12.9. The highest BCUT2D eigenvalue weighted by atomic mass is 16.5. The molecule has 1 aromatic carbocycles. The van der Waals surface area contributed by atoms with Gasteiger partial charge in [0.15, 0.2) is 5.78 Å². The molecule has 0 bridgehead atoms. The van der Waals surface area contributed by atoms with Crippen molar-refractivity contribution in [1.82, 2.24) is 0 Å². The van der Waals surface area contributed by atoms with Crippen LogP contribution < -0.4 is 0 Å². The van der Waals surface area contributed by atoms with Crippen LogP contribution in [-0.4, -0.2) is 47.8 Å². The Labute approximate surface area is 133 Å². The van der Waals surface area contributed by atoms with Crippen LogP contribution in [0.4, 0.5) is 0 Å². The van der Waals surface area contributed by atoms with Gasteiger partial charge in [0.2, 0.25) is 0 Å². The van der Waals surface area contributed by atoms with Gasteiger partial charge in [0.05, 0.1) is 12.5 Å². The van der Waals surface area contributed by atoms with E-state index in [0.29, 0.717) is 0 Å². The minimum atomic E-state index is -1.16. The fourth-order valence-corrected chi connectivity index (χ4v) is 2.00. The van der Waals surface area contributed by atoms with Crippen molar-refractivity contribution >= 4 is 17.7 Å². The predicted molar refractivity (Wildman–Crippen MR) is 80.0 cm³/mol. The average molecular weight is 324 g/mol. The van der Waals surface area contributed by atoms with Crippen molar-refractivity contribution in [2.24, 2.45) is 5.92 Å². The van der Waals surface area contributed by atoms with Crippen LogP contribution in [0.2, 0.25) is 0 Å². The molecule has 1 unspecified atom stereocenters. The van der Waals surface area contributed by atoms with Gasteiger partial charge in [-0.1, -0.05) is 12.1 Å². The summed E-state index contributed by atoms with van der Waals surface area (Å²) < 4.78 is 9.70. The first-order valence-corrected chi connectivity index (χ1v) is 7.18. The van der Waals surface area contributed by atoms with Gasteiger partial charge >= 0.3 is 11.9 Å². The van der Waals surface area contributed by atoms with E-state index >= 15 is 0 Å². The summed E-state index contributed by atoms with van der Waals surface area (Å²) in [7, 11) is 0. The van der Waals surface area contributed by atoms with E-state index in [1.54, 1.807) is 19.1 Å². The van der Waals surface area contributed by atoms with Crippen molar-refractivity contribution in [3.05, 3.63) is 29.8 Å². The van der Waals surface area contributed by atoms with Crippen LogP contribution in [0.1, 0.15) is 18.9 Å². The van der Waals surface area contributed by atoms with E-state index in [0.717, 1.165) is 5.56 Å². The third kappa shape index (κ3) is 7.42. The first-order valence-electron chi connectivity index (χ1n) is 7.18. The largest absolute Gasteiger partial charge is 0.508 e. The Balaban J connectivity index is 2.64. The number of hydrogen-bond acceptors (Lipinski definition) is 6. The van der Waals surface area contributed by atoms with Crippen molar-refractivity contribution in [2.45, 2.75) is 19.8 Å². The molecule has 7 nitrogen and oxygen atoms in total. The first-order chi connectivity index (χ1) is 10.9. The van der Waals surface area contributed by atoms with Gasteiger partial charge in [0.25, 0.3) is 0 Å². The lowest BCUT2D eigenvalue weighted by molar-refractivity contribution is -0.150. The van der Waals surface area contributed by atoms with Crippen molar-refractivity contribution < 1.29 is 34.1 Å². The molecule has 0 heterocycles. The molecule has 0 fully saturated rings. The molecule has 23 heavy (non-hydrogen) atoms. The van der Waals surface area contributed by atoms with E-state index in [4.69, 9.17) is 14.6 Å². The quantitative estimate of drug-likeness (QED) is 0.622. The third-order valence-electron chi connectivity index (χ3n) is 3.00. The zero-order valence-corrected chi connectivity index (χ0v) is 12.9. The number of carbonyl (C=O) groups excluding carboxylic acids is 2. The minimum absolute atomic E-state index is 0.0979. The molecule has 7 heteroatoms. The van der Waals surface area contributed by atoms with Crippen molar-refractivity contribution in [3.8, 4) is 5.75 Å². The maximum Gasteiger partial charge on any atom is 0.329 e. The fourth-order valence-electron chi connectivity index (χ4n) is 2.00. The molecule has 0 saturated carbocycles. The van der Waals surface area contributed by atoms with Gasteiger partial charge in [-0.05, 0) is 31.0 Å². The zero-order chi connectivity index (χ0) is 17.2. The van der Waals surface area contributed by atoms with E-state index in [2.05, 4.69) is 0 Å². The molecular weight excluding hydrogens is 304 g/mol. The van der Waals surface area contributed by atoms with Crippen LogP contribution in [0.5, 0.6) is 5.75 Å². The van der Waals surface area contributed by atoms with E-state index in [-0.39, 0.29) is 37.6 Å². The number of aliphatic carboxylic acids is 1. The maximum absolute atomic E-state index is 12.0. The normalized spacial score (nSPS) is 11.7. The van der Waals surface area contributed by atoms with Crippen LogP contribution >= 0.6 is 0 Å². The molecule has 0 saturated heterocycles. The van der Waals surface area contributed by atoms with Gasteiger partial charge in [0.1, 0.15) is 19.0 Å². The Morgan fingerprint density at radius 3 is 2.35 bits per heavy atom. The molecule has 0 amide bonds. The molecule has 1 aromatic rings. The summed E-state index contributed by atoms with van der Waals surface area (Å²) >= 11 is 0. The van der Waals surface area contributed by atoms with Gasteiger partial charge in [0, 0.05) is 6.42 Å².